The van der Waals surface area contributed by atoms with Gasteiger partial charge >= 0.3 is 11.9 Å². The van der Waals surface area contributed by atoms with E-state index in [1.165, 1.54) is 25.3 Å². The first-order valence-corrected chi connectivity index (χ1v) is 9.81. The van der Waals surface area contributed by atoms with Crippen molar-refractivity contribution in [2.24, 2.45) is 5.41 Å². The minimum Gasteiger partial charge on any atom is -0.496 e. The van der Waals surface area contributed by atoms with Gasteiger partial charge in [-0.25, -0.2) is 4.79 Å². The number of benzene rings is 2. The Hall–Kier alpha value is -3.61. The number of esters is 2. The molecule has 2 aromatic carbocycles. The molecule has 0 fully saturated rings. The number of hydrogen-bond acceptors (Lipinski definition) is 7. The number of para-hydroxylation sites is 1. The normalized spacial score (nSPS) is 11.3. The van der Waals surface area contributed by atoms with Gasteiger partial charge in [0, 0.05) is 11.6 Å². The van der Waals surface area contributed by atoms with Gasteiger partial charge in [-0.1, -0.05) is 18.2 Å². The smallest absolute Gasteiger partial charge is 0.375 e. The molecule has 0 saturated carbocycles. The Kier molecular flexibility index (Phi) is 6.15. The molecule has 0 spiro atoms. The van der Waals surface area contributed by atoms with Gasteiger partial charge < -0.3 is 18.6 Å². The predicted molar refractivity (Wildman–Crippen MR) is 116 cm³/mol. The van der Waals surface area contributed by atoms with Crippen LogP contribution in [0.15, 0.2) is 51.7 Å². The van der Waals surface area contributed by atoms with E-state index in [2.05, 4.69) is 0 Å². The second-order valence-electron chi connectivity index (χ2n) is 7.85. The van der Waals surface area contributed by atoms with E-state index in [-0.39, 0.29) is 34.6 Å². The lowest BCUT2D eigenvalue weighted by Gasteiger charge is -2.16. The zero-order chi connectivity index (χ0) is 22.8. The summed E-state index contributed by atoms with van der Waals surface area (Å²) >= 11 is 0. The van der Waals surface area contributed by atoms with Crippen molar-refractivity contribution in [2.45, 2.75) is 27.7 Å². The summed E-state index contributed by atoms with van der Waals surface area (Å²) in [5.41, 5.74) is -0.581. The van der Waals surface area contributed by atoms with Crippen LogP contribution in [0.2, 0.25) is 0 Å². The first-order chi connectivity index (χ1) is 14.7. The first kappa shape index (κ1) is 22.1. The van der Waals surface area contributed by atoms with Gasteiger partial charge in [-0.2, -0.15) is 0 Å². The van der Waals surface area contributed by atoms with Gasteiger partial charge in [0.1, 0.15) is 17.1 Å². The zero-order valence-corrected chi connectivity index (χ0v) is 18.1. The maximum Gasteiger partial charge on any atom is 0.375 e. The average molecular weight is 424 g/mol. The third-order valence-corrected chi connectivity index (χ3v) is 4.52. The highest BCUT2D eigenvalue weighted by Crippen LogP contribution is 2.33. The summed E-state index contributed by atoms with van der Waals surface area (Å²) in [6, 6.07) is 11.3. The summed E-state index contributed by atoms with van der Waals surface area (Å²) in [5, 5.41) is 0.226. The molecule has 1 aromatic heterocycles. The van der Waals surface area contributed by atoms with Crippen molar-refractivity contribution in [1.29, 1.82) is 0 Å². The molecule has 31 heavy (non-hydrogen) atoms. The highest BCUT2D eigenvalue weighted by molar-refractivity contribution is 5.98. The molecule has 1 heterocycles. The second-order valence-corrected chi connectivity index (χ2v) is 7.85. The summed E-state index contributed by atoms with van der Waals surface area (Å²) in [4.78, 5) is 38.2. The summed E-state index contributed by atoms with van der Waals surface area (Å²) < 4.78 is 21.7. The van der Waals surface area contributed by atoms with Crippen molar-refractivity contribution >= 4 is 22.9 Å². The molecule has 0 bridgehead atoms. The van der Waals surface area contributed by atoms with Crippen LogP contribution in [0.4, 0.5) is 0 Å². The molecule has 0 unspecified atom stereocenters. The maximum atomic E-state index is 13.4. The molecular formula is C24H24O7. The van der Waals surface area contributed by atoms with Crippen LogP contribution < -0.4 is 14.9 Å². The number of carbonyl (C=O) groups excluding carboxylic acids is 2. The summed E-state index contributed by atoms with van der Waals surface area (Å²) in [6.07, 6.45) is 0. The van der Waals surface area contributed by atoms with Gasteiger partial charge in [-0.05, 0) is 45.9 Å². The Balaban J connectivity index is 2.25. The lowest BCUT2D eigenvalue weighted by molar-refractivity contribution is -0.142. The summed E-state index contributed by atoms with van der Waals surface area (Å²) in [5.74, 6) is -0.848. The molecule has 0 amide bonds. The molecular weight excluding hydrogens is 400 g/mol. The second kappa shape index (κ2) is 8.63. The molecule has 0 N–H and O–H groups in total. The largest absolute Gasteiger partial charge is 0.496 e. The highest BCUT2D eigenvalue weighted by atomic mass is 16.5. The molecule has 7 nitrogen and oxygen atoms in total. The number of carbonyl (C=O) groups is 2. The van der Waals surface area contributed by atoms with Gasteiger partial charge in [0.25, 0.3) is 0 Å². The van der Waals surface area contributed by atoms with Gasteiger partial charge in [-0.3, -0.25) is 9.59 Å². The topological polar surface area (TPSA) is 92.0 Å². The van der Waals surface area contributed by atoms with Crippen LogP contribution in [0.25, 0.3) is 22.1 Å². The van der Waals surface area contributed by atoms with Crippen molar-refractivity contribution in [3.05, 3.63) is 58.4 Å². The SMILES string of the molecule is CCOC(=O)c1oc2cc(OC(=O)C(C)(C)C)ccc2c(=O)c1-c1ccccc1OC. The fraction of sp³-hybridized carbons (Fsp3) is 0.292. The van der Waals surface area contributed by atoms with Crippen molar-refractivity contribution < 1.29 is 28.2 Å². The average Bonchev–Trinajstić information content (AvgIpc) is 2.73. The first-order valence-electron chi connectivity index (χ1n) is 9.81. The minimum atomic E-state index is -0.778. The number of ether oxygens (including phenoxy) is 3. The standard InChI is InChI=1S/C24H24O7/c1-6-29-22(26)21-19(15-9-7-8-10-17(15)28-5)20(25)16-12-11-14(13-18(16)31-21)30-23(27)24(2,3)4/h7-13H,6H2,1-5H3. The van der Waals surface area contributed by atoms with Crippen molar-refractivity contribution in [1.82, 2.24) is 0 Å². The van der Waals surface area contributed by atoms with Crippen LogP contribution in [0.5, 0.6) is 11.5 Å². The van der Waals surface area contributed by atoms with Crippen molar-refractivity contribution in [3.8, 4) is 22.6 Å². The van der Waals surface area contributed by atoms with Crippen LogP contribution in [0.3, 0.4) is 0 Å². The zero-order valence-electron chi connectivity index (χ0n) is 18.1. The lowest BCUT2D eigenvalue weighted by atomic mass is 9.97. The van der Waals surface area contributed by atoms with Crippen LogP contribution in [0.1, 0.15) is 38.2 Å². The molecule has 0 saturated heterocycles. The third-order valence-electron chi connectivity index (χ3n) is 4.52. The van der Waals surface area contributed by atoms with Gasteiger partial charge in [-0.15, -0.1) is 0 Å². The molecule has 0 radical (unpaired) electrons. The maximum absolute atomic E-state index is 13.4. The number of rotatable bonds is 5. The predicted octanol–water partition coefficient (Wildman–Crippen LogP) is 4.60. The Labute approximate surface area is 179 Å². The molecule has 0 aliphatic carbocycles. The highest BCUT2D eigenvalue weighted by Gasteiger charge is 2.27. The molecule has 0 aliphatic rings. The van der Waals surface area contributed by atoms with Crippen molar-refractivity contribution in [3.63, 3.8) is 0 Å². The van der Waals surface area contributed by atoms with E-state index in [0.717, 1.165) is 0 Å². The van der Waals surface area contributed by atoms with Gasteiger partial charge in [0.05, 0.1) is 30.1 Å². The molecule has 162 valence electrons. The Morgan fingerprint density at radius 1 is 1.06 bits per heavy atom. The number of methoxy groups -OCH3 is 1. The van der Waals surface area contributed by atoms with Crippen molar-refractivity contribution in [2.75, 3.05) is 13.7 Å². The Morgan fingerprint density at radius 3 is 2.42 bits per heavy atom. The van der Waals surface area contributed by atoms with E-state index < -0.39 is 22.8 Å². The fourth-order valence-electron chi connectivity index (χ4n) is 2.93. The van der Waals surface area contributed by atoms with Gasteiger partial charge in [0.15, 0.2) is 0 Å². The number of fused-ring (bicyclic) bond motifs is 1. The molecule has 0 atom stereocenters. The van der Waals surface area contributed by atoms with Crippen LogP contribution in [-0.4, -0.2) is 25.7 Å². The fourth-order valence-corrected chi connectivity index (χ4v) is 2.93. The van der Waals surface area contributed by atoms with Crippen LogP contribution in [0, 0.1) is 5.41 Å². The minimum absolute atomic E-state index is 0.0443. The Bertz CT molecular complexity index is 1200. The molecule has 0 aliphatic heterocycles. The van der Waals surface area contributed by atoms with E-state index in [1.807, 2.05) is 0 Å². The van der Waals surface area contributed by atoms with E-state index >= 15 is 0 Å². The molecule has 3 aromatic rings. The summed E-state index contributed by atoms with van der Waals surface area (Å²) in [6.45, 7) is 6.96. The van der Waals surface area contributed by atoms with Crippen LogP contribution >= 0.6 is 0 Å². The quantitative estimate of drug-likeness (QED) is 0.437. The third kappa shape index (κ3) is 4.45. The van der Waals surface area contributed by atoms with E-state index in [1.54, 1.807) is 52.0 Å². The van der Waals surface area contributed by atoms with Crippen LogP contribution in [-0.2, 0) is 9.53 Å². The van der Waals surface area contributed by atoms with E-state index in [0.29, 0.717) is 11.3 Å². The monoisotopic (exact) mass is 424 g/mol. The Morgan fingerprint density at radius 2 is 1.77 bits per heavy atom. The van der Waals surface area contributed by atoms with E-state index in [4.69, 9.17) is 18.6 Å². The van der Waals surface area contributed by atoms with E-state index in [9.17, 15) is 14.4 Å². The summed E-state index contributed by atoms with van der Waals surface area (Å²) in [7, 11) is 1.47. The number of hydrogen-bond donors (Lipinski definition) is 0. The molecule has 3 rings (SSSR count). The lowest BCUT2D eigenvalue weighted by Crippen LogP contribution is -2.25. The van der Waals surface area contributed by atoms with Gasteiger partial charge in [0.2, 0.25) is 11.2 Å². The molecule has 7 heteroatoms.